The predicted molar refractivity (Wildman–Crippen MR) is 132 cm³/mol. The van der Waals surface area contributed by atoms with Crippen LogP contribution in [0.25, 0.3) is 0 Å². The highest BCUT2D eigenvalue weighted by Gasteiger charge is 2.56. The Balaban J connectivity index is 2.74. The van der Waals surface area contributed by atoms with Gasteiger partial charge in [0.2, 0.25) is 0 Å². The Labute approximate surface area is 194 Å². The lowest BCUT2D eigenvalue weighted by Gasteiger charge is -2.57. The molecule has 0 spiro atoms. The zero-order chi connectivity index (χ0) is 23.2. The number of hydroxylamine groups is 2. The van der Waals surface area contributed by atoms with Gasteiger partial charge in [0.15, 0.2) is 5.79 Å². The average molecular weight is 442 g/mol. The highest BCUT2D eigenvalue weighted by molar-refractivity contribution is 5.03. The summed E-state index contributed by atoms with van der Waals surface area (Å²) in [7, 11) is 0. The third-order valence-corrected chi connectivity index (χ3v) is 7.37. The Bertz CT molecular complexity index is 430. The number of rotatable bonds is 18. The summed E-state index contributed by atoms with van der Waals surface area (Å²) in [5, 5.41) is 12.7. The molecular weight excluding hydrogens is 386 g/mol. The van der Waals surface area contributed by atoms with Crippen molar-refractivity contribution in [3.05, 3.63) is 0 Å². The molecule has 1 saturated heterocycles. The number of hydrogen-bond donors (Lipinski definition) is 1. The number of ether oxygens (including phenoxy) is 2. The second-order valence-corrected chi connectivity index (χ2v) is 10.6. The van der Waals surface area contributed by atoms with E-state index in [9.17, 15) is 5.21 Å². The summed E-state index contributed by atoms with van der Waals surface area (Å²) < 4.78 is 13.2. The third kappa shape index (κ3) is 9.31. The molecule has 1 fully saturated rings. The SMILES string of the molecule is CCCCCCCCOC1(OCCCCCCCC)CC(C)(C)N(O)C(CC)(CC)C1. The van der Waals surface area contributed by atoms with E-state index in [0.717, 1.165) is 45.3 Å². The van der Waals surface area contributed by atoms with Crippen LogP contribution < -0.4 is 0 Å². The summed E-state index contributed by atoms with van der Waals surface area (Å²) in [5.74, 6) is -0.582. The lowest BCUT2D eigenvalue weighted by molar-refractivity contribution is -0.350. The first kappa shape index (κ1) is 28.9. The van der Waals surface area contributed by atoms with Crippen LogP contribution in [0.15, 0.2) is 0 Å². The van der Waals surface area contributed by atoms with Crippen LogP contribution in [0, 0.1) is 0 Å². The normalized spacial score (nSPS) is 20.2. The second-order valence-electron chi connectivity index (χ2n) is 10.6. The van der Waals surface area contributed by atoms with Gasteiger partial charge in [0, 0.05) is 18.4 Å². The topological polar surface area (TPSA) is 41.9 Å². The van der Waals surface area contributed by atoms with Gasteiger partial charge in [-0.05, 0) is 39.5 Å². The van der Waals surface area contributed by atoms with Crippen molar-refractivity contribution in [3.63, 3.8) is 0 Å². The van der Waals surface area contributed by atoms with Gasteiger partial charge in [-0.1, -0.05) is 91.9 Å². The summed E-state index contributed by atoms with van der Waals surface area (Å²) in [6.45, 7) is 14.7. The molecule has 0 atom stereocenters. The molecule has 1 aliphatic heterocycles. The zero-order valence-electron chi connectivity index (χ0n) is 21.9. The van der Waals surface area contributed by atoms with Crippen LogP contribution in [0.1, 0.15) is 144 Å². The van der Waals surface area contributed by atoms with Crippen molar-refractivity contribution in [2.75, 3.05) is 13.2 Å². The van der Waals surface area contributed by atoms with Crippen LogP contribution in [-0.2, 0) is 9.47 Å². The van der Waals surface area contributed by atoms with Gasteiger partial charge < -0.3 is 14.7 Å². The molecule has 0 bridgehead atoms. The first-order chi connectivity index (χ1) is 14.8. The first-order valence-electron chi connectivity index (χ1n) is 13.6. The molecular formula is C27H55NO3. The zero-order valence-corrected chi connectivity index (χ0v) is 21.9. The molecule has 1 rings (SSSR count). The highest BCUT2D eigenvalue weighted by Crippen LogP contribution is 2.48. The van der Waals surface area contributed by atoms with Gasteiger partial charge in [0.1, 0.15) is 0 Å². The summed E-state index contributed by atoms with van der Waals surface area (Å²) >= 11 is 0. The van der Waals surface area contributed by atoms with Gasteiger partial charge >= 0.3 is 0 Å². The predicted octanol–water partition coefficient (Wildman–Crippen LogP) is 8.26. The minimum atomic E-state index is -0.582. The number of piperidine rings is 1. The van der Waals surface area contributed by atoms with Crippen molar-refractivity contribution < 1.29 is 14.7 Å². The molecule has 0 radical (unpaired) electrons. The van der Waals surface area contributed by atoms with Crippen molar-refractivity contribution in [2.45, 2.75) is 161 Å². The number of hydrogen-bond acceptors (Lipinski definition) is 4. The maximum Gasteiger partial charge on any atom is 0.171 e. The van der Waals surface area contributed by atoms with Crippen LogP contribution >= 0.6 is 0 Å². The largest absolute Gasteiger partial charge is 0.350 e. The molecule has 31 heavy (non-hydrogen) atoms. The van der Waals surface area contributed by atoms with Crippen LogP contribution in [0.3, 0.4) is 0 Å². The fraction of sp³-hybridized carbons (Fsp3) is 1.00. The molecule has 1 heterocycles. The Hall–Kier alpha value is -0.160. The van der Waals surface area contributed by atoms with Crippen LogP contribution in [0.2, 0.25) is 0 Å². The summed E-state index contributed by atoms with van der Waals surface area (Å²) in [4.78, 5) is 0. The molecule has 0 saturated carbocycles. The van der Waals surface area contributed by atoms with E-state index in [1.54, 1.807) is 5.06 Å². The van der Waals surface area contributed by atoms with Gasteiger partial charge in [-0.15, -0.1) is 0 Å². The average Bonchev–Trinajstić information content (AvgIpc) is 2.75. The molecule has 0 unspecified atom stereocenters. The van der Waals surface area contributed by atoms with E-state index >= 15 is 0 Å². The molecule has 4 nitrogen and oxygen atoms in total. The lowest BCUT2D eigenvalue weighted by Crippen LogP contribution is -2.67. The molecule has 0 amide bonds. The molecule has 0 aromatic rings. The van der Waals surface area contributed by atoms with Gasteiger partial charge in [-0.3, -0.25) is 0 Å². The van der Waals surface area contributed by atoms with E-state index in [0.29, 0.717) is 6.42 Å². The van der Waals surface area contributed by atoms with E-state index in [1.165, 1.54) is 64.2 Å². The maximum absolute atomic E-state index is 11.1. The Morgan fingerprint density at radius 2 is 1.06 bits per heavy atom. The molecule has 186 valence electrons. The van der Waals surface area contributed by atoms with Gasteiger partial charge in [0.25, 0.3) is 0 Å². The van der Waals surface area contributed by atoms with Crippen molar-refractivity contribution in [3.8, 4) is 0 Å². The van der Waals surface area contributed by atoms with E-state index in [2.05, 4.69) is 41.5 Å². The summed E-state index contributed by atoms with van der Waals surface area (Å²) in [6, 6.07) is 0. The Kier molecular flexibility index (Phi) is 13.9. The van der Waals surface area contributed by atoms with Gasteiger partial charge in [-0.25, -0.2) is 0 Å². The van der Waals surface area contributed by atoms with Crippen LogP contribution in [0.5, 0.6) is 0 Å². The summed E-state index contributed by atoms with van der Waals surface area (Å²) in [6.07, 6.45) is 18.4. The van der Waals surface area contributed by atoms with E-state index in [-0.39, 0.29) is 11.1 Å². The quantitative estimate of drug-likeness (QED) is 0.172. The number of unbranched alkanes of at least 4 members (excludes halogenated alkanes) is 10. The monoisotopic (exact) mass is 441 g/mol. The molecule has 4 heteroatoms. The standard InChI is InChI=1S/C27H55NO3/c1-7-11-13-15-17-19-21-30-27(31-22-20-18-16-14-12-8-2)23-25(5,6)28(29)26(9-3,10-4)24-27/h29H,7-24H2,1-6H3. The van der Waals surface area contributed by atoms with Crippen molar-refractivity contribution >= 4 is 0 Å². The third-order valence-electron chi connectivity index (χ3n) is 7.37. The molecule has 1 N–H and O–H groups in total. The minimum absolute atomic E-state index is 0.288. The van der Waals surface area contributed by atoms with E-state index in [1.807, 2.05) is 0 Å². The molecule has 0 aromatic heterocycles. The number of nitrogens with zero attached hydrogens (tertiary/aromatic N) is 1. The van der Waals surface area contributed by atoms with Crippen LogP contribution in [-0.4, -0.2) is 40.3 Å². The second kappa shape index (κ2) is 14.9. The summed E-state index contributed by atoms with van der Waals surface area (Å²) in [5.41, 5.74) is -0.656. The maximum atomic E-state index is 11.1. The molecule has 1 aliphatic rings. The van der Waals surface area contributed by atoms with Crippen molar-refractivity contribution in [1.29, 1.82) is 0 Å². The Morgan fingerprint density at radius 3 is 1.48 bits per heavy atom. The Morgan fingerprint density at radius 1 is 0.645 bits per heavy atom. The smallest absolute Gasteiger partial charge is 0.171 e. The molecule has 0 aliphatic carbocycles. The van der Waals surface area contributed by atoms with Crippen LogP contribution in [0.4, 0.5) is 0 Å². The first-order valence-corrected chi connectivity index (χ1v) is 13.6. The fourth-order valence-electron chi connectivity index (χ4n) is 5.34. The van der Waals surface area contributed by atoms with Gasteiger partial charge in [0.05, 0.1) is 18.8 Å². The minimum Gasteiger partial charge on any atom is -0.350 e. The van der Waals surface area contributed by atoms with Crippen molar-refractivity contribution in [1.82, 2.24) is 5.06 Å². The lowest BCUT2D eigenvalue weighted by atomic mass is 9.73. The van der Waals surface area contributed by atoms with Gasteiger partial charge in [-0.2, -0.15) is 5.06 Å². The molecule has 0 aromatic carbocycles. The van der Waals surface area contributed by atoms with Crippen molar-refractivity contribution in [2.24, 2.45) is 0 Å². The highest BCUT2D eigenvalue weighted by atomic mass is 16.7. The van der Waals surface area contributed by atoms with E-state index < -0.39 is 5.79 Å². The van der Waals surface area contributed by atoms with E-state index in [4.69, 9.17) is 9.47 Å². The fourth-order valence-corrected chi connectivity index (χ4v) is 5.34.